The van der Waals surface area contributed by atoms with Gasteiger partial charge >= 0.3 is 7.82 Å². The Hall–Kier alpha value is -2.27. The van der Waals surface area contributed by atoms with E-state index in [0.717, 1.165) is 0 Å². The second-order valence-corrected chi connectivity index (χ2v) is 7.34. The molecule has 1 fully saturated rings. The summed E-state index contributed by atoms with van der Waals surface area (Å²) < 4.78 is 35.0. The monoisotopic (exact) mass is 398 g/mol. The van der Waals surface area contributed by atoms with Gasteiger partial charge < -0.3 is 10.5 Å². The zero-order valence-corrected chi connectivity index (χ0v) is 15.6. The third-order valence-corrected chi connectivity index (χ3v) is 5.50. The molecule has 3 rings (SSSR count). The Bertz CT molecular complexity index is 900. The van der Waals surface area contributed by atoms with E-state index in [1.807, 2.05) is 0 Å². The van der Waals surface area contributed by atoms with Crippen molar-refractivity contribution in [2.45, 2.75) is 31.7 Å². The van der Waals surface area contributed by atoms with Crippen molar-refractivity contribution < 1.29 is 22.9 Å². The summed E-state index contributed by atoms with van der Waals surface area (Å²) in [6.45, 7) is 1.67. The minimum atomic E-state index is -3.69. The molecule has 0 amide bonds. The number of nitrogens with zero attached hydrogens (tertiary/aromatic N) is 7. The molecule has 2 aromatic heterocycles. The largest absolute Gasteiger partial charge is 0.474 e. The van der Waals surface area contributed by atoms with E-state index in [-0.39, 0.29) is 19.0 Å². The number of imidazole rings is 1. The molecule has 0 spiro atoms. The van der Waals surface area contributed by atoms with E-state index in [9.17, 15) is 4.57 Å². The lowest BCUT2D eigenvalue weighted by atomic mass is 10.1. The van der Waals surface area contributed by atoms with Crippen LogP contribution >= 0.6 is 7.82 Å². The van der Waals surface area contributed by atoms with Crippen molar-refractivity contribution in [3.63, 3.8) is 0 Å². The van der Waals surface area contributed by atoms with Gasteiger partial charge in [-0.25, -0.2) is 19.5 Å². The van der Waals surface area contributed by atoms with Crippen molar-refractivity contribution in [1.29, 1.82) is 0 Å². The number of fused-ring (bicyclic) bond motifs is 1. The van der Waals surface area contributed by atoms with Crippen LogP contribution in [-0.2, 0) is 22.9 Å². The van der Waals surface area contributed by atoms with Crippen molar-refractivity contribution in [1.82, 2.24) is 19.5 Å². The second-order valence-electron chi connectivity index (χ2n) is 5.56. The Balaban J connectivity index is 1.79. The van der Waals surface area contributed by atoms with Gasteiger partial charge in [0.15, 0.2) is 11.5 Å². The number of ether oxygens (including phenoxy) is 1. The number of rotatable bonds is 8. The SMILES string of the molecule is CCOP(=O)(OC)OC[C@H]1OC(n2cnc3c(N)ncnc32)CC1N=[N+]=[N-]. The predicted molar refractivity (Wildman–Crippen MR) is 93.4 cm³/mol. The highest BCUT2D eigenvalue weighted by Gasteiger charge is 2.38. The molecule has 2 aromatic rings. The standard InChI is InChI=1S/C13H19N8O5P/c1-3-24-27(22,23-2)25-5-9-8(19-20-15)4-10(26-9)21-7-18-11-12(14)16-6-17-13(11)21/h6-10H,3-5H2,1-2H3,(H2,14,16,17)/t8?,9-,10?,27?/m1/s1. The van der Waals surface area contributed by atoms with Crippen molar-refractivity contribution in [3.05, 3.63) is 23.1 Å². The first-order chi connectivity index (χ1) is 13.0. The Morgan fingerprint density at radius 2 is 2.30 bits per heavy atom. The summed E-state index contributed by atoms with van der Waals surface area (Å²) >= 11 is 0. The Labute approximate surface area is 154 Å². The number of hydrogen-bond acceptors (Lipinski definition) is 10. The first-order valence-corrected chi connectivity index (χ1v) is 9.55. The molecule has 13 nitrogen and oxygen atoms in total. The third kappa shape index (κ3) is 4.03. The molecule has 0 bridgehead atoms. The average Bonchev–Trinajstić information content (AvgIpc) is 3.25. The van der Waals surface area contributed by atoms with E-state index in [2.05, 4.69) is 25.0 Å². The maximum atomic E-state index is 12.3. The molecule has 1 aliphatic rings. The van der Waals surface area contributed by atoms with Gasteiger partial charge in [0.05, 0.1) is 31.7 Å². The molecule has 14 heteroatoms. The van der Waals surface area contributed by atoms with Gasteiger partial charge in [-0.05, 0) is 12.5 Å². The van der Waals surface area contributed by atoms with E-state index in [4.69, 9.17) is 29.6 Å². The summed E-state index contributed by atoms with van der Waals surface area (Å²) in [6.07, 6.45) is 2.01. The number of hydrogen-bond donors (Lipinski definition) is 1. The maximum absolute atomic E-state index is 12.3. The molecule has 2 N–H and O–H groups in total. The van der Waals surface area contributed by atoms with E-state index in [0.29, 0.717) is 17.6 Å². The molecule has 0 saturated carbocycles. The molecule has 1 saturated heterocycles. The van der Waals surface area contributed by atoms with Crippen LogP contribution < -0.4 is 5.73 Å². The summed E-state index contributed by atoms with van der Waals surface area (Å²) in [5.41, 5.74) is 15.6. The predicted octanol–water partition coefficient (Wildman–Crippen LogP) is 2.18. The van der Waals surface area contributed by atoms with Gasteiger partial charge in [-0.15, -0.1) is 0 Å². The molecule has 0 aromatic carbocycles. The number of anilines is 1. The van der Waals surface area contributed by atoms with E-state index in [1.54, 1.807) is 11.5 Å². The number of nitrogens with two attached hydrogens (primary N) is 1. The molecule has 0 radical (unpaired) electrons. The van der Waals surface area contributed by atoms with Gasteiger partial charge in [0.2, 0.25) is 0 Å². The maximum Gasteiger partial charge on any atom is 0.474 e. The Morgan fingerprint density at radius 3 is 3.00 bits per heavy atom. The highest BCUT2D eigenvalue weighted by Crippen LogP contribution is 2.49. The fourth-order valence-corrected chi connectivity index (χ4v) is 3.70. The number of phosphoric acid groups is 1. The van der Waals surface area contributed by atoms with Crippen LogP contribution in [0.5, 0.6) is 0 Å². The molecular formula is C13H19N8O5P. The highest BCUT2D eigenvalue weighted by atomic mass is 31.2. The fourth-order valence-electron chi connectivity index (χ4n) is 2.77. The van der Waals surface area contributed by atoms with Crippen molar-refractivity contribution >= 4 is 24.8 Å². The number of aromatic nitrogens is 4. The summed E-state index contributed by atoms with van der Waals surface area (Å²) in [5, 5.41) is 3.75. The topological polar surface area (TPSA) is 172 Å². The van der Waals surface area contributed by atoms with Crippen LogP contribution in [0.3, 0.4) is 0 Å². The summed E-state index contributed by atoms with van der Waals surface area (Å²) in [7, 11) is -2.47. The minimum Gasteiger partial charge on any atom is -0.382 e. The lowest BCUT2D eigenvalue weighted by Crippen LogP contribution is -2.25. The van der Waals surface area contributed by atoms with Crippen molar-refractivity contribution in [2.24, 2.45) is 5.11 Å². The Kier molecular flexibility index (Phi) is 5.90. The van der Waals surface area contributed by atoms with Gasteiger partial charge in [-0.2, -0.15) is 0 Å². The van der Waals surface area contributed by atoms with E-state index in [1.165, 1.54) is 19.8 Å². The van der Waals surface area contributed by atoms with Gasteiger partial charge in [0.1, 0.15) is 18.1 Å². The molecule has 0 aliphatic carbocycles. The van der Waals surface area contributed by atoms with Crippen LogP contribution in [0.25, 0.3) is 21.6 Å². The van der Waals surface area contributed by atoms with E-state index >= 15 is 0 Å². The van der Waals surface area contributed by atoms with Gasteiger partial charge in [-0.3, -0.25) is 18.1 Å². The van der Waals surface area contributed by atoms with Crippen LogP contribution in [0.1, 0.15) is 19.6 Å². The van der Waals surface area contributed by atoms with Crippen LogP contribution in [0.15, 0.2) is 17.8 Å². The van der Waals surface area contributed by atoms with Crippen LogP contribution in [0.4, 0.5) is 5.82 Å². The van der Waals surface area contributed by atoms with Crippen LogP contribution in [0, 0.1) is 0 Å². The van der Waals surface area contributed by atoms with Gasteiger partial charge in [-0.1, -0.05) is 5.11 Å². The van der Waals surface area contributed by atoms with Crippen LogP contribution in [-0.4, -0.2) is 52.0 Å². The minimum absolute atomic E-state index is 0.144. The number of nitrogen functional groups attached to an aromatic ring is 1. The van der Waals surface area contributed by atoms with Gasteiger partial charge in [0.25, 0.3) is 0 Å². The van der Waals surface area contributed by atoms with Gasteiger partial charge in [0, 0.05) is 18.4 Å². The molecule has 3 unspecified atom stereocenters. The first-order valence-electron chi connectivity index (χ1n) is 8.08. The molecule has 1 aliphatic heterocycles. The molecule has 27 heavy (non-hydrogen) atoms. The highest BCUT2D eigenvalue weighted by molar-refractivity contribution is 7.48. The molecule has 4 atom stereocenters. The normalized spacial score (nSPS) is 24.6. The van der Waals surface area contributed by atoms with Crippen molar-refractivity contribution in [2.75, 3.05) is 26.1 Å². The molecule has 3 heterocycles. The summed E-state index contributed by atoms with van der Waals surface area (Å²) in [6, 6.07) is -0.552. The van der Waals surface area contributed by atoms with Crippen LogP contribution in [0.2, 0.25) is 0 Å². The van der Waals surface area contributed by atoms with E-state index < -0.39 is 26.2 Å². The quantitative estimate of drug-likeness (QED) is 0.302. The van der Waals surface area contributed by atoms with Crippen molar-refractivity contribution in [3.8, 4) is 0 Å². The molecule has 146 valence electrons. The summed E-state index contributed by atoms with van der Waals surface area (Å²) in [4.78, 5) is 15.1. The number of azide groups is 1. The summed E-state index contributed by atoms with van der Waals surface area (Å²) in [5.74, 6) is 0.251. The fraction of sp³-hybridized carbons (Fsp3) is 0.615. The zero-order chi connectivity index (χ0) is 19.4. The first kappa shape index (κ1) is 19.5. The lowest BCUT2D eigenvalue weighted by molar-refractivity contribution is -0.0255. The number of phosphoric ester groups is 1. The lowest BCUT2D eigenvalue weighted by Gasteiger charge is -2.19. The average molecular weight is 398 g/mol. The smallest absolute Gasteiger partial charge is 0.382 e. The third-order valence-electron chi connectivity index (χ3n) is 4.01. The Morgan fingerprint density at radius 1 is 1.48 bits per heavy atom. The zero-order valence-electron chi connectivity index (χ0n) is 14.7. The molecular weight excluding hydrogens is 379 g/mol. The second kappa shape index (κ2) is 8.17.